The lowest BCUT2D eigenvalue weighted by atomic mass is 10.1. The molecule has 23 heavy (non-hydrogen) atoms. The quantitative estimate of drug-likeness (QED) is 0.900. The van der Waals surface area contributed by atoms with Crippen LogP contribution >= 0.6 is 0 Å². The van der Waals surface area contributed by atoms with E-state index in [1.165, 1.54) is 19.2 Å². The Morgan fingerprint density at radius 3 is 2.65 bits per heavy atom. The molecule has 0 aliphatic rings. The normalized spacial score (nSPS) is 11.3. The molecule has 1 amide bonds. The number of nitrogens with zero attached hydrogens (tertiary/aromatic N) is 2. The van der Waals surface area contributed by atoms with Gasteiger partial charge in [-0.2, -0.15) is 18.3 Å². The largest absolute Gasteiger partial charge is 0.478 e. The number of alkyl halides is 3. The van der Waals surface area contributed by atoms with Crippen molar-refractivity contribution in [1.29, 1.82) is 0 Å². The van der Waals surface area contributed by atoms with Crippen LogP contribution in [0, 0.1) is 0 Å². The number of carboxylic acid groups (broad SMARTS) is 1. The number of hydrogen-bond donors (Lipinski definition) is 2. The molecule has 0 radical (unpaired) electrons. The first kappa shape index (κ1) is 16.5. The highest BCUT2D eigenvalue weighted by Crippen LogP contribution is 2.29. The Balaban J connectivity index is 2.14. The highest BCUT2D eigenvalue weighted by Gasteiger charge is 2.30. The van der Waals surface area contributed by atoms with Gasteiger partial charge < -0.3 is 10.4 Å². The molecule has 0 aliphatic carbocycles. The molecule has 1 aromatic heterocycles. The number of rotatable bonds is 4. The van der Waals surface area contributed by atoms with Gasteiger partial charge in [-0.1, -0.05) is 12.1 Å². The lowest BCUT2D eigenvalue weighted by Crippen LogP contribution is -2.27. The number of amides is 1. The second-order valence-corrected chi connectivity index (χ2v) is 4.72. The SMILES string of the molecule is Cn1ncc(C(=O)O)c1C(=O)NCc1cccc(C(F)(F)F)c1. The minimum Gasteiger partial charge on any atom is -0.478 e. The van der Waals surface area contributed by atoms with E-state index in [1.54, 1.807) is 0 Å². The van der Waals surface area contributed by atoms with Crippen LogP contribution in [0.5, 0.6) is 0 Å². The zero-order valence-corrected chi connectivity index (χ0v) is 11.9. The molecule has 6 nitrogen and oxygen atoms in total. The highest BCUT2D eigenvalue weighted by atomic mass is 19.4. The average molecular weight is 327 g/mol. The van der Waals surface area contributed by atoms with Crippen molar-refractivity contribution in [2.45, 2.75) is 12.7 Å². The van der Waals surface area contributed by atoms with Gasteiger partial charge in [0.15, 0.2) is 0 Å². The van der Waals surface area contributed by atoms with Crippen LogP contribution in [0.4, 0.5) is 13.2 Å². The molecular weight excluding hydrogens is 315 g/mol. The Morgan fingerprint density at radius 1 is 1.35 bits per heavy atom. The van der Waals surface area contributed by atoms with Crippen LogP contribution in [-0.4, -0.2) is 26.8 Å². The third kappa shape index (κ3) is 3.68. The van der Waals surface area contributed by atoms with Gasteiger partial charge in [-0.25, -0.2) is 4.79 Å². The Kier molecular flexibility index (Phi) is 4.39. The molecule has 1 aromatic carbocycles. The predicted molar refractivity (Wildman–Crippen MR) is 72.8 cm³/mol. The third-order valence-electron chi connectivity index (χ3n) is 3.09. The average Bonchev–Trinajstić information content (AvgIpc) is 2.86. The molecule has 2 aromatic rings. The number of carbonyl (C=O) groups excluding carboxylic acids is 1. The predicted octanol–water partition coefficient (Wildman–Crippen LogP) is 2.07. The lowest BCUT2D eigenvalue weighted by Gasteiger charge is -2.10. The molecule has 122 valence electrons. The van der Waals surface area contributed by atoms with Crippen LogP contribution in [0.1, 0.15) is 32.0 Å². The number of aryl methyl sites for hydroxylation is 1. The summed E-state index contributed by atoms with van der Waals surface area (Å²) in [4.78, 5) is 23.1. The minimum atomic E-state index is -4.47. The third-order valence-corrected chi connectivity index (χ3v) is 3.09. The molecule has 0 unspecified atom stereocenters. The molecule has 1 heterocycles. The van der Waals surface area contributed by atoms with Gasteiger partial charge in [-0.15, -0.1) is 0 Å². The first-order chi connectivity index (χ1) is 10.7. The maximum Gasteiger partial charge on any atom is 0.416 e. The van der Waals surface area contributed by atoms with Crippen molar-refractivity contribution in [3.8, 4) is 0 Å². The van der Waals surface area contributed by atoms with Crippen LogP contribution in [0.2, 0.25) is 0 Å². The van der Waals surface area contributed by atoms with Crippen molar-refractivity contribution in [2.75, 3.05) is 0 Å². The Bertz CT molecular complexity index is 753. The topological polar surface area (TPSA) is 84.2 Å². The summed E-state index contributed by atoms with van der Waals surface area (Å²) < 4.78 is 38.9. The van der Waals surface area contributed by atoms with Gasteiger partial charge in [0.1, 0.15) is 11.3 Å². The van der Waals surface area contributed by atoms with Crippen molar-refractivity contribution in [3.63, 3.8) is 0 Å². The molecule has 0 saturated heterocycles. The van der Waals surface area contributed by atoms with Crippen molar-refractivity contribution in [3.05, 3.63) is 52.8 Å². The van der Waals surface area contributed by atoms with Gasteiger partial charge in [0.05, 0.1) is 11.8 Å². The van der Waals surface area contributed by atoms with Gasteiger partial charge in [0, 0.05) is 13.6 Å². The smallest absolute Gasteiger partial charge is 0.416 e. The number of halogens is 3. The van der Waals surface area contributed by atoms with E-state index in [0.29, 0.717) is 0 Å². The summed E-state index contributed by atoms with van der Waals surface area (Å²) in [7, 11) is 1.39. The number of aromatic carboxylic acids is 1. The summed E-state index contributed by atoms with van der Waals surface area (Å²) in [5, 5.41) is 15.1. The lowest BCUT2D eigenvalue weighted by molar-refractivity contribution is -0.137. The van der Waals surface area contributed by atoms with E-state index >= 15 is 0 Å². The first-order valence-corrected chi connectivity index (χ1v) is 6.39. The van der Waals surface area contributed by atoms with Crippen LogP contribution < -0.4 is 5.32 Å². The summed E-state index contributed by atoms with van der Waals surface area (Å²) in [6, 6.07) is 4.50. The van der Waals surface area contributed by atoms with Crippen molar-refractivity contribution in [2.24, 2.45) is 7.05 Å². The van der Waals surface area contributed by atoms with E-state index in [4.69, 9.17) is 5.11 Å². The fourth-order valence-corrected chi connectivity index (χ4v) is 1.99. The van der Waals surface area contributed by atoms with Crippen molar-refractivity contribution < 1.29 is 27.9 Å². The van der Waals surface area contributed by atoms with E-state index < -0.39 is 23.6 Å². The fraction of sp³-hybridized carbons (Fsp3) is 0.214. The zero-order valence-electron chi connectivity index (χ0n) is 11.9. The van der Waals surface area contributed by atoms with Gasteiger partial charge in [0.2, 0.25) is 0 Å². The number of hydrogen-bond acceptors (Lipinski definition) is 3. The molecule has 0 saturated carbocycles. The van der Waals surface area contributed by atoms with Crippen LogP contribution in [0.25, 0.3) is 0 Å². The molecular formula is C14H12F3N3O3. The maximum atomic E-state index is 12.6. The molecule has 0 fully saturated rings. The molecule has 9 heteroatoms. The van der Waals surface area contributed by atoms with E-state index in [0.717, 1.165) is 23.0 Å². The van der Waals surface area contributed by atoms with Crippen LogP contribution in [0.3, 0.4) is 0 Å². The summed E-state index contributed by atoms with van der Waals surface area (Å²) in [5.74, 6) is -2.05. The van der Waals surface area contributed by atoms with E-state index in [-0.39, 0.29) is 23.4 Å². The van der Waals surface area contributed by atoms with Gasteiger partial charge >= 0.3 is 12.1 Å². The number of nitrogens with one attached hydrogen (secondary N) is 1. The molecule has 0 atom stereocenters. The zero-order chi connectivity index (χ0) is 17.2. The summed E-state index contributed by atoms with van der Waals surface area (Å²) >= 11 is 0. The summed E-state index contributed by atoms with van der Waals surface area (Å²) in [5.41, 5.74) is -1.04. The standard InChI is InChI=1S/C14H12F3N3O3/c1-20-11(10(7-19-20)13(22)23)12(21)18-6-8-3-2-4-9(5-8)14(15,16)17/h2-5,7H,6H2,1H3,(H,18,21)(H,22,23). The number of carboxylic acids is 1. The monoisotopic (exact) mass is 327 g/mol. The minimum absolute atomic E-state index is 0.174. The Labute approximate surface area is 128 Å². The number of benzene rings is 1. The van der Waals surface area contributed by atoms with Crippen molar-refractivity contribution in [1.82, 2.24) is 15.1 Å². The highest BCUT2D eigenvalue weighted by molar-refractivity contribution is 6.03. The number of aromatic nitrogens is 2. The summed E-state index contributed by atoms with van der Waals surface area (Å²) in [6.45, 7) is -0.174. The maximum absolute atomic E-state index is 12.6. The van der Waals surface area contributed by atoms with Gasteiger partial charge in [-0.3, -0.25) is 9.48 Å². The van der Waals surface area contributed by atoms with Crippen LogP contribution in [-0.2, 0) is 19.8 Å². The van der Waals surface area contributed by atoms with Crippen LogP contribution in [0.15, 0.2) is 30.5 Å². The molecule has 0 bridgehead atoms. The van der Waals surface area contributed by atoms with Gasteiger partial charge in [-0.05, 0) is 17.7 Å². The first-order valence-electron chi connectivity index (χ1n) is 6.39. The molecule has 2 N–H and O–H groups in total. The van der Waals surface area contributed by atoms with Gasteiger partial charge in [0.25, 0.3) is 5.91 Å². The Hall–Kier alpha value is -2.84. The molecule has 0 spiro atoms. The second kappa shape index (κ2) is 6.11. The summed E-state index contributed by atoms with van der Waals surface area (Å²) in [6.07, 6.45) is -3.44. The van der Waals surface area contributed by atoms with E-state index in [9.17, 15) is 22.8 Å². The van der Waals surface area contributed by atoms with E-state index in [1.807, 2.05) is 0 Å². The fourth-order valence-electron chi connectivity index (χ4n) is 1.99. The molecule has 2 rings (SSSR count). The Morgan fingerprint density at radius 2 is 2.04 bits per heavy atom. The number of carbonyl (C=O) groups is 2. The van der Waals surface area contributed by atoms with E-state index in [2.05, 4.69) is 10.4 Å². The molecule has 0 aliphatic heterocycles. The van der Waals surface area contributed by atoms with Crippen molar-refractivity contribution >= 4 is 11.9 Å². The second-order valence-electron chi connectivity index (χ2n) is 4.72.